The van der Waals surface area contributed by atoms with E-state index in [4.69, 9.17) is 22.1 Å². The number of hydrazine groups is 1. The Morgan fingerprint density at radius 2 is 2.24 bits per heavy atom. The van der Waals surface area contributed by atoms with Crippen LogP contribution in [0.15, 0.2) is 30.6 Å². The maximum absolute atomic E-state index is 11.9. The fourth-order valence-electron chi connectivity index (χ4n) is 1.55. The van der Waals surface area contributed by atoms with E-state index in [0.29, 0.717) is 17.2 Å². The van der Waals surface area contributed by atoms with Crippen molar-refractivity contribution in [3.63, 3.8) is 0 Å². The Morgan fingerprint density at radius 1 is 1.43 bits per heavy atom. The van der Waals surface area contributed by atoms with Crippen LogP contribution in [-0.2, 0) is 0 Å². The van der Waals surface area contributed by atoms with Gasteiger partial charge in [-0.15, -0.1) is 0 Å². The van der Waals surface area contributed by atoms with Crippen LogP contribution in [-0.4, -0.2) is 22.5 Å². The molecule has 1 aromatic carbocycles. The van der Waals surface area contributed by atoms with Gasteiger partial charge in [-0.05, 0) is 25.1 Å². The minimum absolute atomic E-state index is 0.214. The SMILES string of the molecule is CCOc1ncnc(NNC(=O)c2cccc(Cl)c2)c1N. The van der Waals surface area contributed by atoms with E-state index in [2.05, 4.69) is 20.8 Å². The third-order valence-corrected chi connectivity index (χ3v) is 2.74. The van der Waals surface area contributed by atoms with E-state index in [-0.39, 0.29) is 23.3 Å². The molecule has 2 rings (SSSR count). The van der Waals surface area contributed by atoms with Crippen LogP contribution in [0.1, 0.15) is 17.3 Å². The van der Waals surface area contributed by atoms with Crippen molar-refractivity contribution in [1.29, 1.82) is 0 Å². The van der Waals surface area contributed by atoms with Crippen LogP contribution in [0.5, 0.6) is 5.88 Å². The van der Waals surface area contributed by atoms with Crippen LogP contribution in [0.25, 0.3) is 0 Å². The van der Waals surface area contributed by atoms with Crippen molar-refractivity contribution in [1.82, 2.24) is 15.4 Å². The molecule has 0 saturated carbocycles. The number of nitrogens with two attached hydrogens (primary N) is 1. The molecule has 1 amide bonds. The summed E-state index contributed by atoms with van der Waals surface area (Å²) in [6, 6.07) is 6.55. The Bertz CT molecular complexity index is 650. The lowest BCUT2D eigenvalue weighted by molar-refractivity contribution is 0.0962. The number of rotatable bonds is 5. The van der Waals surface area contributed by atoms with Crippen molar-refractivity contribution < 1.29 is 9.53 Å². The number of halogens is 1. The quantitative estimate of drug-likeness (QED) is 0.729. The Kier molecular flexibility index (Phi) is 4.78. The molecule has 0 saturated heterocycles. The van der Waals surface area contributed by atoms with Crippen molar-refractivity contribution in [3.05, 3.63) is 41.2 Å². The number of carbonyl (C=O) groups is 1. The number of hydrogen-bond acceptors (Lipinski definition) is 6. The fourth-order valence-corrected chi connectivity index (χ4v) is 1.74. The molecule has 4 N–H and O–H groups in total. The van der Waals surface area contributed by atoms with Gasteiger partial charge in [0.05, 0.1) is 6.61 Å². The minimum atomic E-state index is -0.367. The van der Waals surface area contributed by atoms with E-state index in [1.165, 1.54) is 6.33 Å². The predicted octanol–water partition coefficient (Wildman–Crippen LogP) is 1.87. The predicted molar refractivity (Wildman–Crippen MR) is 80.2 cm³/mol. The van der Waals surface area contributed by atoms with Crippen LogP contribution >= 0.6 is 11.6 Å². The highest BCUT2D eigenvalue weighted by molar-refractivity contribution is 6.30. The summed E-state index contributed by atoms with van der Waals surface area (Å²) in [7, 11) is 0. The molecule has 110 valence electrons. The Hall–Kier alpha value is -2.54. The second-order valence-corrected chi connectivity index (χ2v) is 4.40. The molecule has 0 atom stereocenters. The second kappa shape index (κ2) is 6.76. The summed E-state index contributed by atoms with van der Waals surface area (Å²) in [5.41, 5.74) is 11.6. The molecule has 1 heterocycles. The number of nitrogens with one attached hydrogen (secondary N) is 2. The van der Waals surface area contributed by atoms with Crippen molar-refractivity contribution in [2.45, 2.75) is 6.92 Å². The van der Waals surface area contributed by atoms with Gasteiger partial charge in [-0.1, -0.05) is 17.7 Å². The fraction of sp³-hybridized carbons (Fsp3) is 0.154. The van der Waals surface area contributed by atoms with E-state index in [0.717, 1.165) is 0 Å². The number of amides is 1. The van der Waals surface area contributed by atoms with E-state index in [1.54, 1.807) is 24.3 Å². The third-order valence-electron chi connectivity index (χ3n) is 2.51. The van der Waals surface area contributed by atoms with Gasteiger partial charge >= 0.3 is 0 Å². The molecule has 0 bridgehead atoms. The summed E-state index contributed by atoms with van der Waals surface area (Å²) < 4.78 is 5.24. The molecule has 2 aromatic rings. The number of anilines is 2. The highest BCUT2D eigenvalue weighted by Gasteiger charge is 2.10. The first kappa shape index (κ1) is 14.9. The molecule has 1 aromatic heterocycles. The van der Waals surface area contributed by atoms with Gasteiger partial charge in [0, 0.05) is 10.6 Å². The summed E-state index contributed by atoms with van der Waals surface area (Å²) in [6.45, 7) is 2.24. The molecule has 0 unspecified atom stereocenters. The lowest BCUT2D eigenvalue weighted by Crippen LogP contribution is -2.30. The van der Waals surface area contributed by atoms with Crippen LogP contribution in [0.2, 0.25) is 5.02 Å². The normalized spacial score (nSPS) is 10.0. The monoisotopic (exact) mass is 307 g/mol. The first-order valence-corrected chi connectivity index (χ1v) is 6.54. The minimum Gasteiger partial charge on any atom is -0.476 e. The summed E-state index contributed by atoms with van der Waals surface area (Å²) in [5.74, 6) is 0.143. The molecule has 7 nitrogen and oxygen atoms in total. The highest BCUT2D eigenvalue weighted by Crippen LogP contribution is 2.23. The van der Waals surface area contributed by atoms with Gasteiger partial charge in [0.1, 0.15) is 12.0 Å². The number of carbonyl (C=O) groups excluding carboxylic acids is 1. The van der Waals surface area contributed by atoms with Crippen LogP contribution in [0, 0.1) is 0 Å². The molecule has 0 aliphatic carbocycles. The molecule has 21 heavy (non-hydrogen) atoms. The maximum Gasteiger partial charge on any atom is 0.269 e. The number of aromatic nitrogens is 2. The largest absolute Gasteiger partial charge is 0.476 e. The lowest BCUT2D eigenvalue weighted by Gasteiger charge is -2.11. The van der Waals surface area contributed by atoms with E-state index < -0.39 is 0 Å². The molecule has 0 aliphatic rings. The zero-order valence-corrected chi connectivity index (χ0v) is 12.0. The number of nitrogen functional groups attached to an aromatic ring is 1. The number of ether oxygens (including phenoxy) is 1. The van der Waals surface area contributed by atoms with Gasteiger partial charge in [-0.3, -0.25) is 15.6 Å². The average Bonchev–Trinajstić information content (AvgIpc) is 2.48. The van der Waals surface area contributed by atoms with E-state index in [9.17, 15) is 4.79 Å². The summed E-state index contributed by atoms with van der Waals surface area (Å²) >= 11 is 5.83. The van der Waals surface area contributed by atoms with Crippen molar-refractivity contribution >= 4 is 29.0 Å². The van der Waals surface area contributed by atoms with Gasteiger partial charge in [0.15, 0.2) is 5.82 Å². The van der Waals surface area contributed by atoms with Gasteiger partial charge in [0.2, 0.25) is 5.88 Å². The lowest BCUT2D eigenvalue weighted by atomic mass is 10.2. The molecule has 0 aliphatic heterocycles. The second-order valence-electron chi connectivity index (χ2n) is 3.96. The maximum atomic E-state index is 11.9. The van der Waals surface area contributed by atoms with Gasteiger partial charge in [-0.25, -0.2) is 4.98 Å². The first-order chi connectivity index (χ1) is 10.1. The van der Waals surface area contributed by atoms with E-state index >= 15 is 0 Å². The van der Waals surface area contributed by atoms with Gasteiger partial charge < -0.3 is 10.5 Å². The standard InChI is InChI=1S/C13H14ClN5O2/c1-2-21-13-10(15)11(16-7-17-13)18-19-12(20)8-4-3-5-9(14)6-8/h3-7H,2,15H2,1H3,(H,19,20)(H,16,17,18). The molecule has 0 fully saturated rings. The number of hydrogen-bond donors (Lipinski definition) is 3. The molecule has 0 radical (unpaired) electrons. The smallest absolute Gasteiger partial charge is 0.269 e. The Balaban J connectivity index is 2.06. The molecular formula is C13H14ClN5O2. The van der Waals surface area contributed by atoms with Crippen LogP contribution < -0.4 is 21.3 Å². The van der Waals surface area contributed by atoms with Crippen LogP contribution in [0.3, 0.4) is 0 Å². The van der Waals surface area contributed by atoms with Crippen LogP contribution in [0.4, 0.5) is 11.5 Å². The Labute approximate surface area is 126 Å². The average molecular weight is 308 g/mol. The van der Waals surface area contributed by atoms with Gasteiger partial charge in [0.25, 0.3) is 5.91 Å². The zero-order chi connectivity index (χ0) is 15.2. The van der Waals surface area contributed by atoms with E-state index in [1.807, 2.05) is 6.92 Å². The molecular weight excluding hydrogens is 294 g/mol. The Morgan fingerprint density at radius 3 is 2.95 bits per heavy atom. The summed E-state index contributed by atoms with van der Waals surface area (Å²) in [4.78, 5) is 19.8. The summed E-state index contributed by atoms with van der Waals surface area (Å²) in [5, 5.41) is 0.475. The first-order valence-electron chi connectivity index (χ1n) is 6.17. The van der Waals surface area contributed by atoms with Crippen molar-refractivity contribution in [3.8, 4) is 5.88 Å². The summed E-state index contributed by atoms with van der Waals surface area (Å²) in [6.07, 6.45) is 1.29. The highest BCUT2D eigenvalue weighted by atomic mass is 35.5. The molecule has 0 spiro atoms. The topological polar surface area (TPSA) is 102 Å². The number of benzene rings is 1. The van der Waals surface area contributed by atoms with Crippen molar-refractivity contribution in [2.24, 2.45) is 0 Å². The zero-order valence-electron chi connectivity index (χ0n) is 11.3. The number of nitrogens with zero attached hydrogens (tertiary/aromatic N) is 2. The van der Waals surface area contributed by atoms with Crippen molar-refractivity contribution in [2.75, 3.05) is 17.8 Å². The third kappa shape index (κ3) is 3.73. The van der Waals surface area contributed by atoms with Gasteiger partial charge in [-0.2, -0.15) is 4.98 Å². The molecule has 8 heteroatoms.